The average molecular weight is 323 g/mol. The van der Waals surface area contributed by atoms with Crippen molar-refractivity contribution in [3.05, 3.63) is 50.9 Å². The molecule has 0 unspecified atom stereocenters. The van der Waals surface area contributed by atoms with Gasteiger partial charge in [-0.1, -0.05) is 0 Å². The maximum atomic E-state index is 13.5. The molecule has 0 saturated carbocycles. The Kier molecular flexibility index (Phi) is 2.87. The normalized spacial score (nSPS) is 11.6. The van der Waals surface area contributed by atoms with Crippen molar-refractivity contribution in [2.45, 2.75) is 0 Å². The summed E-state index contributed by atoms with van der Waals surface area (Å²) in [5, 5.41) is 0. The quantitative estimate of drug-likeness (QED) is 0.276. The lowest BCUT2D eigenvalue weighted by Gasteiger charge is -2.10. The molecule has 1 aromatic rings. The van der Waals surface area contributed by atoms with Gasteiger partial charge in [-0.05, 0) is 0 Å². The highest BCUT2D eigenvalue weighted by Gasteiger charge is 2.31. The molecule has 0 amide bonds. The van der Waals surface area contributed by atoms with Crippen molar-refractivity contribution in [3.63, 3.8) is 0 Å². The van der Waals surface area contributed by atoms with Crippen LogP contribution in [0.3, 0.4) is 0 Å². The van der Waals surface area contributed by atoms with E-state index in [9.17, 15) is 35.5 Å². The van der Waals surface area contributed by atoms with E-state index in [-0.39, 0.29) is 0 Å². The second-order valence-corrected chi connectivity index (χ2v) is 4.10. The van der Waals surface area contributed by atoms with Gasteiger partial charge in [-0.15, -0.1) is 0 Å². The topological polar surface area (TPSA) is 43.1 Å². The summed E-state index contributed by atoms with van der Waals surface area (Å²) in [6, 6.07) is 0. The summed E-state index contributed by atoms with van der Waals surface area (Å²) in [5.74, 6) is -16.2. The SMILES string of the molecule is O=c1c(F)c2oc3c(F)c(F)c(F)c(F)c3nc-2c(F)c1F. The minimum atomic E-state index is -2.28. The van der Waals surface area contributed by atoms with Gasteiger partial charge in [0, 0.05) is 0 Å². The van der Waals surface area contributed by atoms with Gasteiger partial charge in [0.1, 0.15) is 11.2 Å². The molecule has 22 heavy (non-hydrogen) atoms. The summed E-state index contributed by atoms with van der Waals surface area (Å²) in [4.78, 5) is 14.0. The Morgan fingerprint density at radius 1 is 0.682 bits per heavy atom. The Bertz CT molecular complexity index is 982. The molecule has 0 aromatic heterocycles. The summed E-state index contributed by atoms with van der Waals surface area (Å²) in [6.45, 7) is 0. The third-order valence-electron chi connectivity index (χ3n) is 2.84. The zero-order chi connectivity index (χ0) is 16.3. The number of hydrogen-bond acceptors (Lipinski definition) is 3. The third-order valence-corrected chi connectivity index (χ3v) is 2.84. The summed E-state index contributed by atoms with van der Waals surface area (Å²) >= 11 is 0. The number of aromatic nitrogens is 1. The van der Waals surface area contributed by atoms with Crippen LogP contribution < -0.4 is 5.43 Å². The van der Waals surface area contributed by atoms with Gasteiger partial charge in [0.15, 0.2) is 28.8 Å². The van der Waals surface area contributed by atoms with Crippen LogP contribution >= 0.6 is 0 Å². The van der Waals surface area contributed by atoms with Gasteiger partial charge in [-0.3, -0.25) is 4.79 Å². The molecule has 3 nitrogen and oxygen atoms in total. The molecule has 0 fully saturated rings. The first-order chi connectivity index (χ1) is 10.3. The van der Waals surface area contributed by atoms with E-state index in [1.54, 1.807) is 0 Å². The zero-order valence-electron chi connectivity index (χ0n) is 9.91. The number of fused-ring (bicyclic) bond motifs is 2. The number of hydrogen-bond donors (Lipinski definition) is 0. The fourth-order valence-corrected chi connectivity index (χ4v) is 1.81. The molecule has 0 bridgehead atoms. The summed E-state index contributed by atoms with van der Waals surface area (Å²) in [7, 11) is 0. The van der Waals surface area contributed by atoms with E-state index in [4.69, 9.17) is 0 Å². The number of benzene rings is 2. The van der Waals surface area contributed by atoms with E-state index in [1.165, 1.54) is 0 Å². The smallest absolute Gasteiger partial charge is 0.256 e. The lowest BCUT2D eigenvalue weighted by molar-refractivity contribution is 0.402. The monoisotopic (exact) mass is 323 g/mol. The Balaban J connectivity index is 2.65. The van der Waals surface area contributed by atoms with Crippen molar-refractivity contribution >= 4 is 11.1 Å². The predicted octanol–water partition coefficient (Wildman–Crippen LogP) is 3.27. The molecule has 10 heteroatoms. The Hall–Kier alpha value is -2.65. The fourth-order valence-electron chi connectivity index (χ4n) is 1.81. The van der Waals surface area contributed by atoms with E-state index in [1.807, 2.05) is 0 Å². The van der Waals surface area contributed by atoms with Crippen molar-refractivity contribution < 1.29 is 35.2 Å². The van der Waals surface area contributed by atoms with E-state index in [2.05, 4.69) is 9.40 Å². The Labute approximate surface area is 114 Å². The van der Waals surface area contributed by atoms with Gasteiger partial charge in [0.25, 0.3) is 5.43 Å². The molecule has 2 aliphatic rings. The molecule has 1 aliphatic heterocycles. The molecule has 0 N–H and O–H groups in total. The van der Waals surface area contributed by atoms with Crippen LogP contribution in [0.1, 0.15) is 0 Å². The number of halogens is 7. The third kappa shape index (κ3) is 1.63. The van der Waals surface area contributed by atoms with Crippen molar-refractivity contribution in [3.8, 4) is 11.5 Å². The van der Waals surface area contributed by atoms with E-state index >= 15 is 0 Å². The summed E-state index contributed by atoms with van der Waals surface area (Å²) in [6.07, 6.45) is 0. The van der Waals surface area contributed by atoms with Gasteiger partial charge < -0.3 is 4.42 Å². The average Bonchev–Trinajstić information content (AvgIpc) is 2.52. The second kappa shape index (κ2) is 4.42. The Morgan fingerprint density at radius 3 is 1.91 bits per heavy atom. The summed E-state index contributed by atoms with van der Waals surface area (Å²) in [5.41, 5.74) is -6.08. The van der Waals surface area contributed by atoms with Gasteiger partial charge in [-0.2, -0.15) is 13.2 Å². The maximum Gasteiger partial charge on any atom is 0.256 e. The van der Waals surface area contributed by atoms with Crippen LogP contribution in [0.15, 0.2) is 9.21 Å². The predicted molar refractivity (Wildman–Crippen MR) is 56.6 cm³/mol. The molecular formula is C12F7NO2. The van der Waals surface area contributed by atoms with Crippen LogP contribution in [0.5, 0.6) is 0 Å². The molecule has 1 heterocycles. The molecule has 1 aromatic carbocycles. The zero-order valence-corrected chi connectivity index (χ0v) is 9.91. The molecule has 1 aliphatic carbocycles. The lowest BCUT2D eigenvalue weighted by Crippen LogP contribution is -2.18. The van der Waals surface area contributed by atoms with Gasteiger partial charge >= 0.3 is 0 Å². The molecule has 3 rings (SSSR count). The molecule has 114 valence electrons. The number of rotatable bonds is 0. The first-order valence-electron chi connectivity index (χ1n) is 5.38. The lowest BCUT2D eigenvalue weighted by atomic mass is 10.1. The molecule has 0 spiro atoms. The molecular weight excluding hydrogens is 323 g/mol. The van der Waals surface area contributed by atoms with Crippen LogP contribution in [0.4, 0.5) is 30.7 Å². The van der Waals surface area contributed by atoms with Crippen molar-refractivity contribution in [1.82, 2.24) is 4.98 Å². The van der Waals surface area contributed by atoms with E-state index < -0.39 is 68.7 Å². The largest absolute Gasteiger partial charge is 0.446 e. The van der Waals surface area contributed by atoms with Crippen LogP contribution in [-0.4, -0.2) is 4.98 Å². The van der Waals surface area contributed by atoms with Crippen LogP contribution in [0.25, 0.3) is 22.6 Å². The minimum Gasteiger partial charge on any atom is -0.446 e. The fraction of sp³-hybridized carbons (Fsp3) is 0. The first-order valence-corrected chi connectivity index (χ1v) is 5.38. The van der Waals surface area contributed by atoms with Crippen LogP contribution in [-0.2, 0) is 0 Å². The van der Waals surface area contributed by atoms with Gasteiger partial charge in [0.2, 0.25) is 23.3 Å². The van der Waals surface area contributed by atoms with Crippen LogP contribution in [0.2, 0.25) is 0 Å². The molecule has 0 atom stereocenters. The van der Waals surface area contributed by atoms with Gasteiger partial charge in [-0.25, -0.2) is 22.5 Å². The van der Waals surface area contributed by atoms with Crippen LogP contribution in [0, 0.1) is 40.7 Å². The number of nitrogens with zero attached hydrogens (tertiary/aromatic N) is 1. The highest BCUT2D eigenvalue weighted by atomic mass is 19.2. The second-order valence-electron chi connectivity index (χ2n) is 4.10. The standard InChI is InChI=1S/C12F7NO2/c13-1-2(14)6(18)11-8(3(1)15)20-9-4(16)5(17)10(21)7(19)12(9)22-11. The Morgan fingerprint density at radius 2 is 1.27 bits per heavy atom. The highest BCUT2D eigenvalue weighted by Crippen LogP contribution is 2.33. The van der Waals surface area contributed by atoms with E-state index in [0.29, 0.717) is 0 Å². The van der Waals surface area contributed by atoms with Gasteiger partial charge in [0.05, 0.1) is 0 Å². The summed E-state index contributed by atoms with van der Waals surface area (Å²) < 4.78 is 97.7. The van der Waals surface area contributed by atoms with Crippen molar-refractivity contribution in [2.24, 2.45) is 0 Å². The molecule has 0 radical (unpaired) electrons. The van der Waals surface area contributed by atoms with Crippen molar-refractivity contribution in [1.29, 1.82) is 0 Å². The first kappa shape index (κ1) is 14.3. The van der Waals surface area contributed by atoms with Crippen molar-refractivity contribution in [2.75, 3.05) is 0 Å². The van der Waals surface area contributed by atoms with E-state index in [0.717, 1.165) is 0 Å². The maximum absolute atomic E-state index is 13.5. The molecule has 0 saturated heterocycles. The minimum absolute atomic E-state index is 1.31. The highest BCUT2D eigenvalue weighted by molar-refractivity contribution is 5.78.